The minimum atomic E-state index is -3.62. The molecule has 0 aliphatic carbocycles. The Morgan fingerprint density at radius 3 is 2.34 bits per heavy atom. The first-order valence-electron chi connectivity index (χ1n) is 8.95. The van der Waals surface area contributed by atoms with Gasteiger partial charge in [-0.05, 0) is 37.3 Å². The zero-order chi connectivity index (χ0) is 21.2. The van der Waals surface area contributed by atoms with Crippen LogP contribution in [0.15, 0.2) is 47.4 Å². The highest BCUT2D eigenvalue weighted by molar-refractivity contribution is 7.89. The molecule has 1 unspecified atom stereocenters. The summed E-state index contributed by atoms with van der Waals surface area (Å²) in [7, 11) is -3.62. The number of amides is 1. The highest BCUT2D eigenvalue weighted by Crippen LogP contribution is 2.30. The van der Waals surface area contributed by atoms with Crippen LogP contribution < -0.4 is 5.32 Å². The van der Waals surface area contributed by atoms with Crippen molar-refractivity contribution < 1.29 is 13.2 Å². The first kappa shape index (κ1) is 22.3. The van der Waals surface area contributed by atoms with Crippen LogP contribution >= 0.6 is 34.8 Å². The number of piperazine rings is 1. The second-order valence-corrected chi connectivity index (χ2v) is 9.82. The van der Waals surface area contributed by atoms with E-state index in [-0.39, 0.29) is 28.9 Å². The van der Waals surface area contributed by atoms with Crippen LogP contribution in [0.1, 0.15) is 6.92 Å². The smallest absolute Gasteiger partial charge is 0.243 e. The van der Waals surface area contributed by atoms with E-state index in [1.54, 1.807) is 37.3 Å². The van der Waals surface area contributed by atoms with Gasteiger partial charge >= 0.3 is 0 Å². The van der Waals surface area contributed by atoms with Crippen molar-refractivity contribution in [3.8, 4) is 0 Å². The van der Waals surface area contributed by atoms with Gasteiger partial charge in [0, 0.05) is 31.2 Å². The van der Waals surface area contributed by atoms with Gasteiger partial charge in [-0.15, -0.1) is 0 Å². The number of nitrogens with zero attached hydrogens (tertiary/aromatic N) is 2. The van der Waals surface area contributed by atoms with Crippen molar-refractivity contribution >= 4 is 56.4 Å². The number of rotatable bonds is 5. The first-order chi connectivity index (χ1) is 13.7. The number of carbonyl (C=O) groups excluding carboxylic acids is 1. The van der Waals surface area contributed by atoms with E-state index in [0.717, 1.165) is 0 Å². The van der Waals surface area contributed by atoms with Crippen LogP contribution in [-0.2, 0) is 14.8 Å². The summed E-state index contributed by atoms with van der Waals surface area (Å²) in [4.78, 5) is 14.7. The van der Waals surface area contributed by atoms with E-state index in [1.807, 2.05) is 4.90 Å². The van der Waals surface area contributed by atoms with Crippen LogP contribution in [0.2, 0.25) is 15.1 Å². The predicted molar refractivity (Wildman–Crippen MR) is 116 cm³/mol. The predicted octanol–water partition coefficient (Wildman–Crippen LogP) is 3.98. The summed E-state index contributed by atoms with van der Waals surface area (Å²) < 4.78 is 27.0. The van der Waals surface area contributed by atoms with Gasteiger partial charge in [-0.1, -0.05) is 46.9 Å². The van der Waals surface area contributed by atoms with Crippen molar-refractivity contribution in [3.63, 3.8) is 0 Å². The maximum absolute atomic E-state index is 12.8. The zero-order valence-corrected chi connectivity index (χ0v) is 18.7. The molecule has 1 fully saturated rings. The molecule has 0 saturated carbocycles. The van der Waals surface area contributed by atoms with Crippen LogP contribution in [0.3, 0.4) is 0 Å². The largest absolute Gasteiger partial charge is 0.323 e. The molecule has 0 aromatic heterocycles. The minimum absolute atomic E-state index is 0.167. The Hall–Kier alpha value is -1.35. The summed E-state index contributed by atoms with van der Waals surface area (Å²) in [6.07, 6.45) is 0. The molecule has 6 nitrogen and oxygen atoms in total. The zero-order valence-electron chi connectivity index (χ0n) is 15.6. The molecule has 1 aliphatic heterocycles. The quantitative estimate of drug-likeness (QED) is 0.709. The SMILES string of the molecule is CC(C(=O)Nc1cccc(Cl)c1Cl)N1CCN(S(=O)(=O)c2cccc(Cl)c2)CC1. The van der Waals surface area contributed by atoms with Crippen molar-refractivity contribution in [3.05, 3.63) is 57.5 Å². The van der Waals surface area contributed by atoms with Gasteiger partial charge in [0.05, 0.1) is 26.7 Å². The Balaban J connectivity index is 1.62. The van der Waals surface area contributed by atoms with Gasteiger partial charge in [0.2, 0.25) is 15.9 Å². The van der Waals surface area contributed by atoms with Crippen molar-refractivity contribution in [1.82, 2.24) is 9.21 Å². The van der Waals surface area contributed by atoms with Crippen LogP contribution in [0.4, 0.5) is 5.69 Å². The number of nitrogens with one attached hydrogen (secondary N) is 1. The highest BCUT2D eigenvalue weighted by Gasteiger charge is 2.32. The Morgan fingerprint density at radius 2 is 1.69 bits per heavy atom. The fourth-order valence-electron chi connectivity index (χ4n) is 3.11. The maximum atomic E-state index is 12.8. The van der Waals surface area contributed by atoms with Gasteiger partial charge < -0.3 is 5.32 Å². The number of hydrogen-bond acceptors (Lipinski definition) is 4. The van der Waals surface area contributed by atoms with Crippen molar-refractivity contribution in [2.75, 3.05) is 31.5 Å². The number of carbonyl (C=O) groups is 1. The van der Waals surface area contributed by atoms with E-state index < -0.39 is 16.1 Å². The summed E-state index contributed by atoms with van der Waals surface area (Å²) in [6.45, 7) is 3.19. The third-order valence-electron chi connectivity index (χ3n) is 4.84. The number of sulfonamides is 1. The fraction of sp³-hybridized carbons (Fsp3) is 0.316. The molecular weight excluding hydrogens is 457 g/mol. The van der Waals surface area contributed by atoms with E-state index in [2.05, 4.69) is 5.32 Å². The normalized spacial score (nSPS) is 17.1. The molecule has 156 valence electrons. The number of anilines is 1. The molecule has 1 heterocycles. The standard InChI is InChI=1S/C19H20Cl3N3O3S/c1-13(19(26)23-17-7-3-6-16(21)18(17)22)24-8-10-25(11-9-24)29(27,28)15-5-2-4-14(20)12-15/h2-7,12-13H,8-11H2,1H3,(H,23,26). The molecule has 3 rings (SSSR count). The van der Waals surface area contributed by atoms with Crippen LogP contribution in [0, 0.1) is 0 Å². The van der Waals surface area contributed by atoms with Gasteiger partial charge in [-0.25, -0.2) is 8.42 Å². The molecular formula is C19H20Cl3N3O3S. The molecule has 0 radical (unpaired) electrons. The Morgan fingerprint density at radius 1 is 1.03 bits per heavy atom. The van der Waals surface area contributed by atoms with Gasteiger partial charge in [-0.3, -0.25) is 9.69 Å². The lowest BCUT2D eigenvalue weighted by Gasteiger charge is -2.36. The van der Waals surface area contributed by atoms with Crippen LogP contribution in [0.25, 0.3) is 0 Å². The fourth-order valence-corrected chi connectivity index (χ4v) is 5.18. The first-order valence-corrected chi connectivity index (χ1v) is 11.5. The van der Waals surface area contributed by atoms with Crippen LogP contribution in [-0.4, -0.2) is 55.8 Å². The third kappa shape index (κ3) is 5.05. The average molecular weight is 477 g/mol. The lowest BCUT2D eigenvalue weighted by molar-refractivity contribution is -0.121. The van der Waals surface area contributed by atoms with Gasteiger partial charge in [-0.2, -0.15) is 4.31 Å². The maximum Gasteiger partial charge on any atom is 0.243 e. The molecule has 29 heavy (non-hydrogen) atoms. The Labute approximate surface area is 185 Å². The molecule has 0 spiro atoms. The highest BCUT2D eigenvalue weighted by atomic mass is 35.5. The van der Waals surface area contributed by atoms with Gasteiger partial charge in [0.25, 0.3) is 0 Å². The van der Waals surface area contributed by atoms with E-state index >= 15 is 0 Å². The van der Waals surface area contributed by atoms with Crippen molar-refractivity contribution in [1.29, 1.82) is 0 Å². The third-order valence-corrected chi connectivity index (χ3v) is 7.79. The molecule has 2 aromatic carbocycles. The monoisotopic (exact) mass is 475 g/mol. The topological polar surface area (TPSA) is 69.7 Å². The molecule has 1 atom stereocenters. The number of hydrogen-bond donors (Lipinski definition) is 1. The minimum Gasteiger partial charge on any atom is -0.323 e. The molecule has 0 bridgehead atoms. The number of halogens is 3. The van der Waals surface area contributed by atoms with Crippen molar-refractivity contribution in [2.45, 2.75) is 17.9 Å². The summed E-state index contributed by atoms with van der Waals surface area (Å²) >= 11 is 18.0. The van der Waals surface area contributed by atoms with Crippen LogP contribution in [0.5, 0.6) is 0 Å². The summed E-state index contributed by atoms with van der Waals surface area (Å²) in [5, 5.41) is 3.79. The summed E-state index contributed by atoms with van der Waals surface area (Å²) in [5.41, 5.74) is 0.443. The average Bonchev–Trinajstić information content (AvgIpc) is 2.71. The molecule has 1 amide bonds. The second kappa shape index (κ2) is 9.20. The number of benzene rings is 2. The molecule has 1 aliphatic rings. The Bertz CT molecular complexity index is 1010. The lowest BCUT2D eigenvalue weighted by Crippen LogP contribution is -2.53. The lowest BCUT2D eigenvalue weighted by atomic mass is 10.2. The Kier molecular flexibility index (Phi) is 7.09. The summed E-state index contributed by atoms with van der Waals surface area (Å²) in [6, 6.07) is 10.8. The van der Waals surface area contributed by atoms with E-state index in [9.17, 15) is 13.2 Å². The van der Waals surface area contributed by atoms with Gasteiger partial charge in [0.1, 0.15) is 0 Å². The van der Waals surface area contributed by atoms with E-state index in [0.29, 0.717) is 28.8 Å². The summed E-state index contributed by atoms with van der Waals surface area (Å²) in [5.74, 6) is -0.236. The molecule has 10 heteroatoms. The van der Waals surface area contributed by atoms with E-state index in [4.69, 9.17) is 34.8 Å². The molecule has 2 aromatic rings. The molecule has 1 N–H and O–H groups in total. The van der Waals surface area contributed by atoms with E-state index in [1.165, 1.54) is 16.4 Å². The van der Waals surface area contributed by atoms with Gasteiger partial charge in [0.15, 0.2) is 0 Å². The molecule has 1 saturated heterocycles. The second-order valence-electron chi connectivity index (χ2n) is 6.66. The van der Waals surface area contributed by atoms with Crippen molar-refractivity contribution in [2.24, 2.45) is 0 Å².